The zero-order valence-corrected chi connectivity index (χ0v) is 18.6. The Morgan fingerprint density at radius 1 is 1.13 bits per heavy atom. The topological polar surface area (TPSA) is 106 Å². The third-order valence-corrected chi connectivity index (χ3v) is 5.80. The fraction of sp³-hybridized carbons (Fsp3) is 0.286. The van der Waals surface area contributed by atoms with Crippen molar-refractivity contribution >= 4 is 21.6 Å². The Morgan fingerprint density at radius 2 is 1.81 bits per heavy atom. The molecule has 9 nitrogen and oxygen atoms in total. The number of hydrogen-bond donors (Lipinski definition) is 0. The molecule has 0 bridgehead atoms. The summed E-state index contributed by atoms with van der Waals surface area (Å²) in [6.07, 6.45) is 1.08. The maximum Gasteiger partial charge on any atom is 0.246 e. The highest BCUT2D eigenvalue weighted by atomic mass is 32.2. The second-order valence-electron chi connectivity index (χ2n) is 7.05. The third kappa shape index (κ3) is 5.40. The van der Waals surface area contributed by atoms with E-state index in [1.165, 1.54) is 4.90 Å². The molecule has 0 aliphatic carbocycles. The highest BCUT2D eigenvalue weighted by molar-refractivity contribution is 7.92. The number of amides is 1. The molecule has 0 aliphatic heterocycles. The van der Waals surface area contributed by atoms with Crippen LogP contribution < -0.4 is 9.04 Å². The molecule has 1 heterocycles. The predicted molar refractivity (Wildman–Crippen MR) is 116 cm³/mol. The second-order valence-corrected chi connectivity index (χ2v) is 8.95. The summed E-state index contributed by atoms with van der Waals surface area (Å²) in [5.74, 6) is 0.930. The summed E-state index contributed by atoms with van der Waals surface area (Å²) in [7, 11) is -0.520. The van der Waals surface area contributed by atoms with Crippen molar-refractivity contribution < 1.29 is 22.5 Å². The van der Waals surface area contributed by atoms with Crippen LogP contribution in [-0.2, 0) is 21.4 Å². The number of benzene rings is 2. The average molecular weight is 445 g/mol. The van der Waals surface area contributed by atoms with Crippen LogP contribution in [0.3, 0.4) is 0 Å². The van der Waals surface area contributed by atoms with E-state index in [1.54, 1.807) is 63.5 Å². The molecule has 0 spiro atoms. The van der Waals surface area contributed by atoms with Gasteiger partial charge in [0.15, 0.2) is 0 Å². The molecule has 0 saturated carbocycles. The van der Waals surface area contributed by atoms with Crippen molar-refractivity contribution in [1.29, 1.82) is 0 Å². The number of rotatable bonds is 8. The normalized spacial score (nSPS) is 11.2. The lowest BCUT2D eigenvalue weighted by Gasteiger charge is -2.25. The van der Waals surface area contributed by atoms with Crippen molar-refractivity contribution in [2.45, 2.75) is 13.5 Å². The highest BCUT2D eigenvalue weighted by Crippen LogP contribution is 2.23. The van der Waals surface area contributed by atoms with Crippen LogP contribution in [0.15, 0.2) is 53.1 Å². The smallest absolute Gasteiger partial charge is 0.246 e. The van der Waals surface area contributed by atoms with Gasteiger partial charge in [0.2, 0.25) is 27.6 Å². The van der Waals surface area contributed by atoms with Crippen molar-refractivity contribution in [3.05, 3.63) is 60.0 Å². The van der Waals surface area contributed by atoms with Gasteiger partial charge in [0.25, 0.3) is 0 Å². The van der Waals surface area contributed by atoms with E-state index in [0.29, 0.717) is 17.3 Å². The van der Waals surface area contributed by atoms with E-state index in [-0.39, 0.29) is 19.0 Å². The van der Waals surface area contributed by atoms with E-state index in [9.17, 15) is 13.2 Å². The maximum atomic E-state index is 12.8. The van der Waals surface area contributed by atoms with Crippen LogP contribution in [-0.4, -0.2) is 56.3 Å². The van der Waals surface area contributed by atoms with Crippen molar-refractivity contribution in [2.24, 2.45) is 0 Å². The van der Waals surface area contributed by atoms with Gasteiger partial charge < -0.3 is 14.2 Å². The van der Waals surface area contributed by atoms with E-state index in [1.807, 2.05) is 6.07 Å². The molecule has 0 atom stereocenters. The van der Waals surface area contributed by atoms with Crippen LogP contribution in [0, 0.1) is 6.92 Å². The number of sulfonamides is 1. The molecule has 164 valence electrons. The molecule has 0 N–H and O–H groups in total. The molecule has 1 amide bonds. The largest absolute Gasteiger partial charge is 0.497 e. The molecule has 3 rings (SSSR count). The number of carbonyl (C=O) groups is 1. The van der Waals surface area contributed by atoms with Crippen LogP contribution >= 0.6 is 0 Å². The van der Waals surface area contributed by atoms with E-state index in [2.05, 4.69) is 10.1 Å². The van der Waals surface area contributed by atoms with Gasteiger partial charge in [0, 0.05) is 12.6 Å². The van der Waals surface area contributed by atoms with Gasteiger partial charge >= 0.3 is 0 Å². The van der Waals surface area contributed by atoms with E-state index < -0.39 is 15.9 Å². The Labute approximate surface area is 181 Å². The molecule has 10 heteroatoms. The molecular weight excluding hydrogens is 420 g/mol. The predicted octanol–water partition coefficient (Wildman–Crippen LogP) is 2.48. The summed E-state index contributed by atoms with van der Waals surface area (Å²) in [5, 5.41) is 3.94. The van der Waals surface area contributed by atoms with Gasteiger partial charge in [-0.3, -0.25) is 9.10 Å². The summed E-state index contributed by atoms with van der Waals surface area (Å²) in [5.41, 5.74) is 1.96. The molecule has 0 aliphatic rings. The monoisotopic (exact) mass is 444 g/mol. The van der Waals surface area contributed by atoms with Crippen LogP contribution in [0.1, 0.15) is 11.5 Å². The number of carbonyl (C=O) groups excluding carboxylic acids is 1. The number of para-hydroxylation sites is 1. The van der Waals surface area contributed by atoms with E-state index >= 15 is 0 Å². The van der Waals surface area contributed by atoms with Crippen molar-refractivity contribution in [3.8, 4) is 17.1 Å². The molecular formula is C21H24N4O5S. The van der Waals surface area contributed by atoms with Gasteiger partial charge in [-0.25, -0.2) is 8.42 Å². The van der Waals surface area contributed by atoms with E-state index in [4.69, 9.17) is 9.26 Å². The number of anilines is 1. The minimum absolute atomic E-state index is 0.0490. The number of methoxy groups -OCH3 is 1. The molecule has 31 heavy (non-hydrogen) atoms. The molecule has 3 aromatic rings. The zero-order valence-electron chi connectivity index (χ0n) is 17.8. The standard InChI is InChI=1S/C21H24N4O5S/c1-15-7-5-6-8-18(15)25(31(4,27)28)14-20(26)24(2)13-19-22-21(23-30-19)16-9-11-17(29-3)12-10-16/h5-12H,13-14H2,1-4H3. The molecule has 2 aromatic carbocycles. The van der Waals surface area contributed by atoms with Gasteiger partial charge in [-0.1, -0.05) is 23.4 Å². The fourth-order valence-corrected chi connectivity index (χ4v) is 3.84. The number of aryl methyl sites for hydroxylation is 1. The zero-order chi connectivity index (χ0) is 22.6. The Balaban J connectivity index is 1.71. The summed E-state index contributed by atoms with van der Waals surface area (Å²) in [6, 6.07) is 14.2. The number of ether oxygens (including phenoxy) is 1. The lowest BCUT2D eigenvalue weighted by Crippen LogP contribution is -2.41. The van der Waals surface area contributed by atoms with Crippen molar-refractivity contribution in [1.82, 2.24) is 15.0 Å². The third-order valence-electron chi connectivity index (χ3n) is 4.68. The van der Waals surface area contributed by atoms with Crippen LogP contribution in [0.5, 0.6) is 5.75 Å². The van der Waals surface area contributed by atoms with Gasteiger partial charge in [0.05, 0.1) is 25.6 Å². The number of likely N-dealkylation sites (N-methyl/N-ethyl adjacent to an activating group) is 1. The van der Waals surface area contributed by atoms with Gasteiger partial charge in [-0.05, 0) is 42.8 Å². The average Bonchev–Trinajstić information content (AvgIpc) is 3.20. The van der Waals surface area contributed by atoms with E-state index in [0.717, 1.165) is 21.7 Å². The first kappa shape index (κ1) is 22.3. The first-order valence-corrected chi connectivity index (χ1v) is 11.3. The molecule has 0 fully saturated rings. The number of hydrogen-bond acceptors (Lipinski definition) is 7. The minimum atomic E-state index is -3.66. The molecule has 0 radical (unpaired) electrons. The van der Waals surface area contributed by atoms with Gasteiger partial charge in [0.1, 0.15) is 12.3 Å². The number of nitrogens with zero attached hydrogens (tertiary/aromatic N) is 4. The Kier molecular flexibility index (Phi) is 6.59. The van der Waals surface area contributed by atoms with Gasteiger partial charge in [-0.2, -0.15) is 4.98 Å². The van der Waals surface area contributed by atoms with Crippen LogP contribution in [0.4, 0.5) is 5.69 Å². The van der Waals surface area contributed by atoms with Crippen LogP contribution in [0.25, 0.3) is 11.4 Å². The van der Waals surface area contributed by atoms with Crippen molar-refractivity contribution in [2.75, 3.05) is 31.3 Å². The summed E-state index contributed by atoms with van der Waals surface area (Å²) < 4.78 is 36.1. The SMILES string of the molecule is COc1ccc(-c2noc(CN(C)C(=O)CN(c3ccccc3C)S(C)(=O)=O)n2)cc1. The van der Waals surface area contributed by atoms with Gasteiger partial charge in [-0.15, -0.1) is 0 Å². The second kappa shape index (κ2) is 9.17. The number of aromatic nitrogens is 2. The quantitative estimate of drug-likeness (QED) is 0.525. The highest BCUT2D eigenvalue weighted by Gasteiger charge is 2.24. The molecule has 0 unspecified atom stereocenters. The molecule has 0 saturated heterocycles. The van der Waals surface area contributed by atoms with Crippen LogP contribution in [0.2, 0.25) is 0 Å². The summed E-state index contributed by atoms with van der Waals surface area (Å²) in [6.45, 7) is 1.51. The maximum absolute atomic E-state index is 12.8. The molecule has 1 aromatic heterocycles. The van der Waals surface area contributed by atoms with Crippen molar-refractivity contribution in [3.63, 3.8) is 0 Å². The fourth-order valence-electron chi connectivity index (χ4n) is 2.94. The Morgan fingerprint density at radius 3 is 2.42 bits per heavy atom. The Bertz CT molecular complexity index is 1160. The first-order valence-electron chi connectivity index (χ1n) is 9.43. The first-order chi connectivity index (χ1) is 14.7. The summed E-state index contributed by atoms with van der Waals surface area (Å²) >= 11 is 0. The lowest BCUT2D eigenvalue weighted by molar-refractivity contribution is -0.129. The Hall–Kier alpha value is -3.40. The lowest BCUT2D eigenvalue weighted by atomic mass is 10.2. The minimum Gasteiger partial charge on any atom is -0.497 e. The summed E-state index contributed by atoms with van der Waals surface area (Å²) in [4.78, 5) is 18.4.